The first kappa shape index (κ1) is 15.2. The summed E-state index contributed by atoms with van der Waals surface area (Å²) in [5.74, 6) is 0.161. The molecule has 3 nitrogen and oxygen atoms in total. The van der Waals surface area contributed by atoms with Gasteiger partial charge in [-0.25, -0.2) is 4.79 Å². The minimum atomic E-state index is -0.370. The summed E-state index contributed by atoms with van der Waals surface area (Å²) in [4.78, 5) is 11.0. The maximum absolute atomic E-state index is 11.0. The summed E-state index contributed by atoms with van der Waals surface area (Å²) < 4.78 is 9.50. The van der Waals surface area contributed by atoms with Crippen LogP contribution in [0.3, 0.4) is 0 Å². The number of rotatable bonds is 3. The Labute approximate surface area is 86.4 Å². The molecule has 0 N–H and O–H groups in total. The zero-order chi connectivity index (χ0) is 11.6. The van der Waals surface area contributed by atoms with Gasteiger partial charge >= 0.3 is 5.97 Å². The molecule has 0 radical (unpaired) electrons. The topological polar surface area (TPSA) is 35.5 Å². The van der Waals surface area contributed by atoms with Crippen LogP contribution in [0.5, 0.6) is 0 Å². The first-order valence-corrected chi connectivity index (χ1v) is 4.63. The second kappa shape index (κ2) is 9.84. The zero-order valence-electron chi connectivity index (χ0n) is 9.88. The van der Waals surface area contributed by atoms with Gasteiger partial charge in [0.15, 0.2) is 0 Å². The van der Waals surface area contributed by atoms with Gasteiger partial charge in [0.25, 0.3) is 0 Å². The van der Waals surface area contributed by atoms with Crippen molar-refractivity contribution in [1.82, 2.24) is 0 Å². The molecule has 3 heteroatoms. The monoisotopic (exact) mass is 200 g/mol. The van der Waals surface area contributed by atoms with Gasteiger partial charge in [0.2, 0.25) is 0 Å². The van der Waals surface area contributed by atoms with E-state index in [2.05, 4.69) is 4.74 Å². The van der Waals surface area contributed by atoms with E-state index in [0.29, 0.717) is 11.3 Å². The van der Waals surface area contributed by atoms with Gasteiger partial charge in [0.1, 0.15) is 5.76 Å². The van der Waals surface area contributed by atoms with Gasteiger partial charge in [-0.05, 0) is 19.9 Å². The second-order valence-corrected chi connectivity index (χ2v) is 2.18. The van der Waals surface area contributed by atoms with Crippen molar-refractivity contribution in [2.24, 2.45) is 0 Å². The Hall–Kier alpha value is -1.25. The molecular weight excluding hydrogens is 180 g/mol. The molecule has 0 saturated heterocycles. The third-order valence-electron chi connectivity index (χ3n) is 1.40. The van der Waals surface area contributed by atoms with Crippen LogP contribution in [0.25, 0.3) is 0 Å². The van der Waals surface area contributed by atoms with Gasteiger partial charge in [-0.2, -0.15) is 0 Å². The lowest BCUT2D eigenvalue weighted by Crippen LogP contribution is -2.05. The van der Waals surface area contributed by atoms with Crippen LogP contribution in [-0.4, -0.2) is 20.2 Å². The van der Waals surface area contributed by atoms with Crippen molar-refractivity contribution in [3.8, 4) is 0 Å². The lowest BCUT2D eigenvalue weighted by molar-refractivity contribution is -0.136. The molecule has 0 aliphatic heterocycles. The molecule has 0 aromatic carbocycles. The highest BCUT2D eigenvalue weighted by molar-refractivity contribution is 5.88. The quantitative estimate of drug-likeness (QED) is 0.304. The molecule has 0 aromatic rings. The third kappa shape index (κ3) is 5.41. The van der Waals surface area contributed by atoms with Crippen molar-refractivity contribution < 1.29 is 14.3 Å². The smallest absolute Gasteiger partial charge is 0.337 e. The minimum absolute atomic E-state index is 0.370. The van der Waals surface area contributed by atoms with E-state index in [1.807, 2.05) is 20.8 Å². The third-order valence-corrected chi connectivity index (χ3v) is 1.40. The van der Waals surface area contributed by atoms with Crippen LogP contribution in [0.4, 0.5) is 0 Å². The summed E-state index contributed by atoms with van der Waals surface area (Å²) in [6, 6.07) is 0. The fourth-order valence-electron chi connectivity index (χ4n) is 0.751. The molecule has 82 valence electrons. The van der Waals surface area contributed by atoms with Crippen LogP contribution < -0.4 is 0 Å². The highest BCUT2D eigenvalue weighted by Gasteiger charge is 2.08. The molecular formula is C11H20O3. The van der Waals surface area contributed by atoms with E-state index in [1.165, 1.54) is 14.2 Å². The Bertz CT molecular complexity index is 215. The molecule has 0 amide bonds. The molecule has 0 aliphatic carbocycles. The predicted octanol–water partition coefficient (Wildman–Crippen LogP) is 2.68. The SMILES string of the molecule is C/C=C\C(OC)=C(/C)C(=O)OC.CC. The molecule has 0 unspecified atom stereocenters. The standard InChI is InChI=1S/C9H14O3.C2H6/c1-5-6-8(11-3)7(2)9(10)12-4;1-2/h5-6H,1-4H3;1-2H3/b6-5-,8-7-;. The Balaban J connectivity index is 0. The van der Waals surface area contributed by atoms with E-state index >= 15 is 0 Å². The van der Waals surface area contributed by atoms with E-state index in [4.69, 9.17) is 4.74 Å². The fourth-order valence-corrected chi connectivity index (χ4v) is 0.751. The lowest BCUT2D eigenvalue weighted by atomic mass is 10.2. The largest absolute Gasteiger partial charge is 0.496 e. The Morgan fingerprint density at radius 3 is 1.93 bits per heavy atom. The number of hydrogen-bond donors (Lipinski definition) is 0. The van der Waals surface area contributed by atoms with Crippen molar-refractivity contribution in [2.45, 2.75) is 27.7 Å². The van der Waals surface area contributed by atoms with Crippen LogP contribution in [-0.2, 0) is 14.3 Å². The van der Waals surface area contributed by atoms with Crippen molar-refractivity contribution in [3.63, 3.8) is 0 Å². The first-order valence-electron chi connectivity index (χ1n) is 4.63. The number of allylic oxidation sites excluding steroid dienone is 2. The van der Waals surface area contributed by atoms with E-state index < -0.39 is 0 Å². The summed E-state index contributed by atoms with van der Waals surface area (Å²) >= 11 is 0. The minimum Gasteiger partial charge on any atom is -0.496 e. The summed E-state index contributed by atoms with van der Waals surface area (Å²) in [5.41, 5.74) is 0.470. The molecule has 0 fully saturated rings. The van der Waals surface area contributed by atoms with Gasteiger partial charge in [0, 0.05) is 0 Å². The molecule has 0 aromatic heterocycles. The number of ether oxygens (including phenoxy) is 2. The van der Waals surface area contributed by atoms with Gasteiger partial charge in [-0.1, -0.05) is 19.9 Å². The van der Waals surface area contributed by atoms with Crippen LogP contribution in [0, 0.1) is 0 Å². The van der Waals surface area contributed by atoms with Gasteiger partial charge in [0.05, 0.1) is 19.8 Å². The van der Waals surface area contributed by atoms with Crippen molar-refractivity contribution >= 4 is 5.97 Å². The molecule has 0 saturated carbocycles. The number of carbonyl (C=O) groups excluding carboxylic acids is 1. The molecule has 0 aliphatic rings. The maximum atomic E-state index is 11.0. The summed E-state index contributed by atoms with van der Waals surface area (Å²) in [6.45, 7) is 7.51. The van der Waals surface area contributed by atoms with Crippen LogP contribution in [0.2, 0.25) is 0 Å². The van der Waals surface area contributed by atoms with Gasteiger partial charge in [-0.3, -0.25) is 0 Å². The zero-order valence-corrected chi connectivity index (χ0v) is 9.88. The summed E-state index contributed by atoms with van der Waals surface area (Å²) in [5, 5.41) is 0. The van der Waals surface area contributed by atoms with Crippen molar-refractivity contribution in [1.29, 1.82) is 0 Å². The van der Waals surface area contributed by atoms with E-state index in [9.17, 15) is 4.79 Å². The highest BCUT2D eigenvalue weighted by Crippen LogP contribution is 2.07. The predicted molar refractivity (Wildman–Crippen MR) is 57.9 cm³/mol. The van der Waals surface area contributed by atoms with Gasteiger partial charge in [-0.15, -0.1) is 0 Å². The average molecular weight is 200 g/mol. The molecule has 0 bridgehead atoms. The summed E-state index contributed by atoms with van der Waals surface area (Å²) in [7, 11) is 2.86. The van der Waals surface area contributed by atoms with E-state index in [0.717, 1.165) is 0 Å². The molecule has 0 rings (SSSR count). The van der Waals surface area contributed by atoms with Crippen molar-refractivity contribution in [3.05, 3.63) is 23.5 Å². The lowest BCUT2D eigenvalue weighted by Gasteiger charge is -2.04. The average Bonchev–Trinajstić information content (AvgIpc) is 2.26. The maximum Gasteiger partial charge on any atom is 0.337 e. The van der Waals surface area contributed by atoms with E-state index in [1.54, 1.807) is 19.1 Å². The molecule has 14 heavy (non-hydrogen) atoms. The fraction of sp³-hybridized carbons (Fsp3) is 0.545. The number of esters is 1. The van der Waals surface area contributed by atoms with Crippen molar-refractivity contribution in [2.75, 3.05) is 14.2 Å². The van der Waals surface area contributed by atoms with Crippen LogP contribution in [0.1, 0.15) is 27.7 Å². The van der Waals surface area contributed by atoms with Crippen LogP contribution >= 0.6 is 0 Å². The normalized spacial score (nSPS) is 11.3. The number of hydrogen-bond acceptors (Lipinski definition) is 3. The highest BCUT2D eigenvalue weighted by atomic mass is 16.5. The Morgan fingerprint density at radius 1 is 1.14 bits per heavy atom. The number of methoxy groups -OCH3 is 2. The summed E-state index contributed by atoms with van der Waals surface area (Å²) in [6.07, 6.45) is 3.51. The second-order valence-electron chi connectivity index (χ2n) is 2.18. The Kier molecular flexibility index (Phi) is 10.7. The first-order chi connectivity index (χ1) is 6.67. The van der Waals surface area contributed by atoms with Gasteiger partial charge < -0.3 is 9.47 Å². The van der Waals surface area contributed by atoms with Crippen LogP contribution in [0.15, 0.2) is 23.5 Å². The molecule has 0 spiro atoms. The number of carbonyl (C=O) groups is 1. The molecule has 0 heterocycles. The Morgan fingerprint density at radius 2 is 1.64 bits per heavy atom. The molecule has 0 atom stereocenters. The van der Waals surface area contributed by atoms with E-state index in [-0.39, 0.29) is 5.97 Å².